The lowest BCUT2D eigenvalue weighted by molar-refractivity contribution is -0.384. The monoisotopic (exact) mass is 508 g/mol. The maximum absolute atomic E-state index is 12.4. The summed E-state index contributed by atoms with van der Waals surface area (Å²) in [6.07, 6.45) is 1.53. The molecule has 0 aliphatic carbocycles. The molecule has 0 unspecified atom stereocenters. The first-order valence-corrected chi connectivity index (χ1v) is 10.6. The van der Waals surface area contributed by atoms with Gasteiger partial charge in [0.25, 0.3) is 5.69 Å². The number of carbonyl (C=O) groups excluding carboxylic acids is 1. The van der Waals surface area contributed by atoms with Crippen molar-refractivity contribution in [3.63, 3.8) is 0 Å². The zero-order valence-electron chi connectivity index (χ0n) is 17.4. The van der Waals surface area contributed by atoms with Gasteiger partial charge in [-0.2, -0.15) is 0 Å². The summed E-state index contributed by atoms with van der Waals surface area (Å²) < 4.78 is 17.7. The zero-order chi connectivity index (χ0) is 23.4. The Kier molecular flexibility index (Phi) is 6.50. The van der Waals surface area contributed by atoms with Crippen LogP contribution in [0.2, 0.25) is 0 Å². The van der Waals surface area contributed by atoms with Crippen LogP contribution in [0.25, 0.3) is 6.08 Å². The summed E-state index contributed by atoms with van der Waals surface area (Å²) in [5.74, 6) is 0.270. The van der Waals surface area contributed by atoms with Crippen molar-refractivity contribution in [1.29, 1.82) is 0 Å². The highest BCUT2D eigenvalue weighted by atomic mass is 79.9. The highest BCUT2D eigenvalue weighted by Gasteiger charge is 2.26. The van der Waals surface area contributed by atoms with Gasteiger partial charge < -0.3 is 14.2 Å². The molecule has 8 nitrogen and oxygen atoms in total. The fourth-order valence-corrected chi connectivity index (χ4v) is 3.39. The number of nitro groups is 1. The molecule has 0 aromatic heterocycles. The average Bonchev–Trinajstić information content (AvgIpc) is 3.19. The molecule has 0 bridgehead atoms. The summed E-state index contributed by atoms with van der Waals surface area (Å²) in [5.41, 5.74) is 1.77. The molecule has 33 heavy (non-hydrogen) atoms. The van der Waals surface area contributed by atoms with Crippen LogP contribution in [0.3, 0.4) is 0 Å². The van der Waals surface area contributed by atoms with Crippen molar-refractivity contribution in [2.24, 2.45) is 4.99 Å². The molecule has 4 rings (SSSR count). The second-order valence-electron chi connectivity index (χ2n) is 6.94. The number of halogens is 1. The van der Waals surface area contributed by atoms with Gasteiger partial charge >= 0.3 is 5.97 Å². The van der Waals surface area contributed by atoms with E-state index in [4.69, 9.17) is 14.2 Å². The number of nitro benzene ring substituents is 1. The van der Waals surface area contributed by atoms with Gasteiger partial charge in [-0.1, -0.05) is 46.3 Å². The van der Waals surface area contributed by atoms with Gasteiger partial charge in [0, 0.05) is 27.7 Å². The molecule has 1 aliphatic rings. The molecule has 3 aromatic carbocycles. The SMILES string of the molecule is COc1cccc(/C=C2\N=C(c3cccc([N+](=O)[O-])c3)OC2=O)c1OCc1ccc(Br)cc1. The molecule has 3 aromatic rings. The second-order valence-corrected chi connectivity index (χ2v) is 7.85. The number of hydrogen-bond acceptors (Lipinski definition) is 7. The highest BCUT2D eigenvalue weighted by Crippen LogP contribution is 2.34. The van der Waals surface area contributed by atoms with Gasteiger partial charge in [-0.3, -0.25) is 10.1 Å². The van der Waals surface area contributed by atoms with Gasteiger partial charge in [0.15, 0.2) is 17.2 Å². The number of esters is 1. The van der Waals surface area contributed by atoms with Gasteiger partial charge in [-0.05, 0) is 35.9 Å². The third-order valence-corrected chi connectivity index (χ3v) is 5.27. The number of cyclic esters (lactones) is 1. The molecule has 0 atom stereocenters. The summed E-state index contributed by atoms with van der Waals surface area (Å²) in [6.45, 7) is 0.288. The number of ether oxygens (including phenoxy) is 3. The third-order valence-electron chi connectivity index (χ3n) is 4.74. The van der Waals surface area contributed by atoms with E-state index in [0.29, 0.717) is 22.6 Å². The lowest BCUT2D eigenvalue weighted by Gasteiger charge is -2.13. The lowest BCUT2D eigenvalue weighted by Crippen LogP contribution is -2.05. The standard InChI is InChI=1S/C24H17BrN2O6/c1-31-21-7-3-4-16(22(21)32-14-15-8-10-18(25)11-9-15)13-20-24(28)33-23(26-20)17-5-2-6-19(12-17)27(29)30/h2-13H,14H2,1H3/b20-13-. The number of hydrogen-bond donors (Lipinski definition) is 0. The van der Waals surface area contributed by atoms with Gasteiger partial charge in [-0.15, -0.1) is 0 Å². The number of rotatable bonds is 7. The quantitative estimate of drug-likeness (QED) is 0.186. The van der Waals surface area contributed by atoms with Crippen molar-refractivity contribution in [1.82, 2.24) is 0 Å². The number of aliphatic imine (C=N–C) groups is 1. The Morgan fingerprint density at radius 3 is 2.61 bits per heavy atom. The fraction of sp³-hybridized carbons (Fsp3) is 0.0833. The molecule has 0 spiro atoms. The summed E-state index contributed by atoms with van der Waals surface area (Å²) in [7, 11) is 1.53. The fourth-order valence-electron chi connectivity index (χ4n) is 3.13. The maximum Gasteiger partial charge on any atom is 0.363 e. The van der Waals surface area contributed by atoms with Crippen molar-refractivity contribution in [2.75, 3.05) is 7.11 Å². The van der Waals surface area contributed by atoms with E-state index in [0.717, 1.165) is 10.0 Å². The predicted molar refractivity (Wildman–Crippen MR) is 125 cm³/mol. The minimum Gasteiger partial charge on any atom is -0.493 e. The molecular formula is C24H17BrN2O6. The number of benzene rings is 3. The highest BCUT2D eigenvalue weighted by molar-refractivity contribution is 9.10. The average molecular weight is 509 g/mol. The summed E-state index contributed by atoms with van der Waals surface area (Å²) in [6, 6.07) is 18.7. The van der Waals surface area contributed by atoms with Crippen LogP contribution in [0.5, 0.6) is 11.5 Å². The van der Waals surface area contributed by atoms with Crippen LogP contribution in [0.1, 0.15) is 16.7 Å². The van der Waals surface area contributed by atoms with Gasteiger partial charge in [0.2, 0.25) is 5.90 Å². The van der Waals surface area contributed by atoms with Crippen LogP contribution in [0.4, 0.5) is 5.69 Å². The van der Waals surface area contributed by atoms with Gasteiger partial charge in [0.05, 0.1) is 12.0 Å². The Hall–Kier alpha value is -3.98. The molecule has 0 N–H and O–H groups in total. The van der Waals surface area contributed by atoms with Crippen molar-refractivity contribution < 1.29 is 23.9 Å². The van der Waals surface area contributed by atoms with Gasteiger partial charge in [0.1, 0.15) is 6.61 Å². The summed E-state index contributed by atoms with van der Waals surface area (Å²) in [5, 5.41) is 11.0. The van der Waals surface area contributed by atoms with Crippen molar-refractivity contribution in [2.45, 2.75) is 6.61 Å². The van der Waals surface area contributed by atoms with E-state index >= 15 is 0 Å². The minimum absolute atomic E-state index is 0.00447. The van der Waals surface area contributed by atoms with Crippen LogP contribution < -0.4 is 9.47 Å². The van der Waals surface area contributed by atoms with E-state index in [9.17, 15) is 14.9 Å². The normalized spacial score (nSPS) is 14.1. The van der Waals surface area contributed by atoms with E-state index in [1.165, 1.54) is 31.4 Å². The molecule has 0 saturated heterocycles. The van der Waals surface area contributed by atoms with E-state index in [1.54, 1.807) is 24.3 Å². The molecule has 0 radical (unpaired) electrons. The predicted octanol–water partition coefficient (Wildman–Crippen LogP) is 5.29. The number of methoxy groups -OCH3 is 1. The van der Waals surface area contributed by atoms with E-state index < -0.39 is 10.9 Å². The number of nitrogens with zero attached hydrogens (tertiary/aromatic N) is 2. The first kappa shape index (κ1) is 22.2. The molecule has 9 heteroatoms. The Balaban J connectivity index is 1.65. The molecule has 0 saturated carbocycles. The molecule has 1 heterocycles. The maximum atomic E-state index is 12.4. The Morgan fingerprint density at radius 2 is 1.88 bits per heavy atom. The largest absolute Gasteiger partial charge is 0.493 e. The Bertz CT molecular complexity index is 1280. The summed E-state index contributed by atoms with van der Waals surface area (Å²) in [4.78, 5) is 27.2. The molecular weight excluding hydrogens is 492 g/mol. The van der Waals surface area contributed by atoms with E-state index in [1.807, 2.05) is 24.3 Å². The van der Waals surface area contributed by atoms with Crippen molar-refractivity contribution in [3.8, 4) is 11.5 Å². The first-order chi connectivity index (χ1) is 15.9. The molecule has 0 fully saturated rings. The summed E-state index contributed by atoms with van der Waals surface area (Å²) >= 11 is 3.40. The number of para-hydroxylation sites is 1. The minimum atomic E-state index is -0.668. The van der Waals surface area contributed by atoms with Crippen LogP contribution in [0, 0.1) is 10.1 Å². The van der Waals surface area contributed by atoms with Crippen LogP contribution in [0.15, 0.2) is 81.9 Å². The third kappa shape index (κ3) is 5.09. The smallest absolute Gasteiger partial charge is 0.363 e. The number of carbonyl (C=O) groups is 1. The van der Waals surface area contributed by atoms with Crippen LogP contribution in [-0.4, -0.2) is 23.9 Å². The Morgan fingerprint density at radius 1 is 1.12 bits per heavy atom. The van der Waals surface area contributed by atoms with Crippen molar-refractivity contribution >= 4 is 39.6 Å². The molecule has 1 aliphatic heterocycles. The van der Waals surface area contributed by atoms with Crippen LogP contribution >= 0.6 is 15.9 Å². The topological polar surface area (TPSA) is 100 Å². The molecule has 0 amide bonds. The Labute approximate surface area is 197 Å². The molecule has 166 valence electrons. The lowest BCUT2D eigenvalue weighted by atomic mass is 10.1. The van der Waals surface area contributed by atoms with Crippen LogP contribution in [-0.2, 0) is 16.1 Å². The van der Waals surface area contributed by atoms with Crippen molar-refractivity contribution in [3.05, 3.63) is 104 Å². The second kappa shape index (κ2) is 9.66. The first-order valence-electron chi connectivity index (χ1n) is 9.76. The van der Waals surface area contributed by atoms with E-state index in [-0.39, 0.29) is 23.9 Å². The van der Waals surface area contributed by atoms with E-state index in [2.05, 4.69) is 20.9 Å². The zero-order valence-corrected chi connectivity index (χ0v) is 18.9. The van der Waals surface area contributed by atoms with Gasteiger partial charge in [-0.25, -0.2) is 9.79 Å². The number of non-ortho nitro benzene ring substituents is 1.